The number of halogens is 2. The Hall–Kier alpha value is -0.140. The number of rotatable bonds is 4. The Balaban J connectivity index is 2.28. The Morgan fingerprint density at radius 2 is 1.95 bits per heavy atom. The number of sulfonamides is 1. The molecule has 0 saturated carbocycles. The number of hydrogen-bond donors (Lipinski definition) is 1. The third kappa shape index (κ3) is 3.49. The van der Waals surface area contributed by atoms with Crippen LogP contribution in [-0.4, -0.2) is 33.1 Å². The second-order valence-corrected chi connectivity index (χ2v) is 7.33. The molecule has 0 aliphatic carbocycles. The first-order chi connectivity index (χ1) is 8.99. The van der Waals surface area contributed by atoms with Gasteiger partial charge in [0, 0.05) is 23.6 Å². The lowest BCUT2D eigenvalue weighted by Crippen LogP contribution is -2.53. The molecule has 0 unspecified atom stereocenters. The van der Waals surface area contributed by atoms with Gasteiger partial charge in [0.15, 0.2) is 0 Å². The van der Waals surface area contributed by atoms with E-state index >= 15 is 0 Å². The molecular formula is C12H15BrClNO3S. The number of alkyl halides is 1. The molecule has 2 rings (SSSR count). The van der Waals surface area contributed by atoms with Crippen molar-refractivity contribution in [2.45, 2.75) is 23.3 Å². The first-order valence-electron chi connectivity index (χ1n) is 5.91. The first-order valence-corrected chi connectivity index (χ1v) is 8.72. The molecule has 19 heavy (non-hydrogen) atoms. The van der Waals surface area contributed by atoms with Gasteiger partial charge >= 0.3 is 0 Å². The summed E-state index contributed by atoms with van der Waals surface area (Å²) in [7, 11) is -3.60. The molecule has 1 heterocycles. The summed E-state index contributed by atoms with van der Waals surface area (Å²) in [6.07, 6.45) is 1.17. The fourth-order valence-corrected chi connectivity index (χ4v) is 4.90. The van der Waals surface area contributed by atoms with E-state index in [0.29, 0.717) is 30.5 Å². The highest BCUT2D eigenvalue weighted by atomic mass is 79.9. The Morgan fingerprint density at radius 1 is 1.32 bits per heavy atom. The van der Waals surface area contributed by atoms with Crippen LogP contribution in [0, 0.1) is 0 Å². The summed E-state index contributed by atoms with van der Waals surface area (Å²) in [5.41, 5.74) is -0.617. The van der Waals surface area contributed by atoms with Gasteiger partial charge < -0.3 is 4.74 Å². The van der Waals surface area contributed by atoms with Crippen LogP contribution in [0.25, 0.3) is 0 Å². The van der Waals surface area contributed by atoms with Crippen molar-refractivity contribution >= 4 is 37.6 Å². The van der Waals surface area contributed by atoms with Crippen LogP contribution in [0.3, 0.4) is 0 Å². The van der Waals surface area contributed by atoms with Crippen LogP contribution >= 0.6 is 27.5 Å². The van der Waals surface area contributed by atoms with E-state index in [-0.39, 0.29) is 10.8 Å². The Kier molecular flexibility index (Phi) is 4.89. The van der Waals surface area contributed by atoms with Gasteiger partial charge in [0.25, 0.3) is 0 Å². The van der Waals surface area contributed by atoms with Gasteiger partial charge in [-0.3, -0.25) is 0 Å². The molecule has 1 aromatic carbocycles. The average molecular weight is 369 g/mol. The number of hydrogen-bond acceptors (Lipinski definition) is 3. The minimum atomic E-state index is -3.60. The minimum absolute atomic E-state index is 0.228. The number of nitrogens with one attached hydrogen (secondary N) is 1. The molecule has 1 aliphatic rings. The number of ether oxygens (including phenoxy) is 1. The van der Waals surface area contributed by atoms with Crippen molar-refractivity contribution in [3.8, 4) is 0 Å². The maximum atomic E-state index is 12.4. The van der Waals surface area contributed by atoms with Crippen LogP contribution in [0.4, 0.5) is 0 Å². The van der Waals surface area contributed by atoms with Crippen LogP contribution in [0.2, 0.25) is 0 Å². The second-order valence-electron chi connectivity index (χ2n) is 4.56. The summed E-state index contributed by atoms with van der Waals surface area (Å²) >= 11 is 9.24. The molecule has 0 amide bonds. The molecular weight excluding hydrogens is 354 g/mol. The molecule has 1 N–H and O–H groups in total. The average Bonchev–Trinajstić information content (AvgIpc) is 2.39. The topological polar surface area (TPSA) is 55.4 Å². The third-order valence-corrected chi connectivity index (χ3v) is 6.29. The molecule has 0 aromatic heterocycles. The molecule has 1 saturated heterocycles. The second kappa shape index (κ2) is 6.10. The molecule has 1 aliphatic heterocycles. The summed E-state index contributed by atoms with van der Waals surface area (Å²) in [5.74, 6) is 0.236. The van der Waals surface area contributed by atoms with E-state index in [4.69, 9.17) is 16.3 Å². The monoisotopic (exact) mass is 367 g/mol. The molecule has 4 nitrogen and oxygen atoms in total. The maximum absolute atomic E-state index is 12.4. The lowest BCUT2D eigenvalue weighted by atomic mass is 9.94. The molecule has 1 aromatic rings. The van der Waals surface area contributed by atoms with Crippen molar-refractivity contribution in [2.24, 2.45) is 0 Å². The molecule has 0 atom stereocenters. The highest BCUT2D eigenvalue weighted by Gasteiger charge is 2.36. The summed E-state index contributed by atoms with van der Waals surface area (Å²) in [4.78, 5) is 0.228. The normalized spacial score (nSPS) is 19.3. The molecule has 0 radical (unpaired) electrons. The summed E-state index contributed by atoms with van der Waals surface area (Å²) in [6.45, 7) is 1.04. The van der Waals surface area contributed by atoms with Gasteiger partial charge in [-0.25, -0.2) is 13.1 Å². The summed E-state index contributed by atoms with van der Waals surface area (Å²) in [6, 6.07) is 6.73. The highest BCUT2D eigenvalue weighted by molar-refractivity contribution is 9.10. The summed E-state index contributed by atoms with van der Waals surface area (Å²) in [5, 5.41) is 0. The van der Waals surface area contributed by atoms with Crippen molar-refractivity contribution in [1.82, 2.24) is 4.72 Å². The van der Waals surface area contributed by atoms with Crippen molar-refractivity contribution in [3.05, 3.63) is 28.7 Å². The van der Waals surface area contributed by atoms with E-state index in [9.17, 15) is 8.42 Å². The quantitative estimate of drug-likeness (QED) is 0.831. The van der Waals surface area contributed by atoms with Gasteiger partial charge in [-0.15, -0.1) is 11.6 Å². The van der Waals surface area contributed by atoms with E-state index in [0.717, 1.165) is 0 Å². The van der Waals surface area contributed by atoms with Gasteiger partial charge in [0.05, 0.1) is 10.4 Å². The molecule has 106 valence electrons. The maximum Gasteiger partial charge on any atom is 0.242 e. The largest absolute Gasteiger partial charge is 0.381 e. The first kappa shape index (κ1) is 15.3. The Morgan fingerprint density at radius 3 is 2.53 bits per heavy atom. The van der Waals surface area contributed by atoms with Crippen molar-refractivity contribution in [1.29, 1.82) is 0 Å². The van der Waals surface area contributed by atoms with E-state index in [1.54, 1.807) is 24.3 Å². The molecule has 7 heteroatoms. The van der Waals surface area contributed by atoms with Crippen molar-refractivity contribution in [3.63, 3.8) is 0 Å². The van der Waals surface area contributed by atoms with Crippen molar-refractivity contribution in [2.75, 3.05) is 19.1 Å². The molecule has 0 bridgehead atoms. The van der Waals surface area contributed by atoms with Gasteiger partial charge in [0.2, 0.25) is 10.0 Å². The molecule has 1 fully saturated rings. The third-order valence-electron chi connectivity index (χ3n) is 3.18. The lowest BCUT2D eigenvalue weighted by Gasteiger charge is -2.35. The van der Waals surface area contributed by atoms with Crippen LogP contribution < -0.4 is 4.72 Å². The van der Waals surface area contributed by atoms with Crippen molar-refractivity contribution < 1.29 is 13.2 Å². The Bertz CT molecular complexity index is 544. The lowest BCUT2D eigenvalue weighted by molar-refractivity contribution is 0.0549. The van der Waals surface area contributed by atoms with E-state index in [2.05, 4.69) is 20.7 Å². The zero-order valence-corrected chi connectivity index (χ0v) is 13.4. The van der Waals surface area contributed by atoms with Crippen LogP contribution in [0.15, 0.2) is 33.6 Å². The van der Waals surface area contributed by atoms with Crippen LogP contribution in [0.5, 0.6) is 0 Å². The predicted octanol–water partition coefficient (Wildman–Crippen LogP) is 2.52. The van der Waals surface area contributed by atoms with E-state index in [1.807, 2.05) is 0 Å². The van der Waals surface area contributed by atoms with Crippen LogP contribution in [0.1, 0.15) is 12.8 Å². The van der Waals surface area contributed by atoms with Crippen LogP contribution in [-0.2, 0) is 14.8 Å². The number of benzene rings is 1. The highest BCUT2D eigenvalue weighted by Crippen LogP contribution is 2.27. The standard InChI is InChI=1S/C12H15BrClNO3S/c13-10-3-1-2-4-11(10)19(16,17)15-12(9-14)5-7-18-8-6-12/h1-4,15H,5-9H2. The zero-order valence-electron chi connectivity index (χ0n) is 10.2. The molecule has 0 spiro atoms. The predicted molar refractivity (Wildman–Crippen MR) is 78.0 cm³/mol. The fourth-order valence-electron chi connectivity index (χ4n) is 2.03. The van der Waals surface area contributed by atoms with Gasteiger partial charge in [-0.1, -0.05) is 12.1 Å². The SMILES string of the molecule is O=S(=O)(NC1(CCl)CCOCC1)c1ccccc1Br. The van der Waals surface area contributed by atoms with E-state index < -0.39 is 15.6 Å². The fraction of sp³-hybridized carbons (Fsp3) is 0.500. The van der Waals surface area contributed by atoms with E-state index in [1.165, 1.54) is 0 Å². The summed E-state index contributed by atoms with van der Waals surface area (Å²) < 4.78 is 33.4. The van der Waals surface area contributed by atoms with Gasteiger partial charge in [-0.2, -0.15) is 0 Å². The van der Waals surface area contributed by atoms with Gasteiger partial charge in [-0.05, 0) is 40.9 Å². The van der Waals surface area contributed by atoms with Gasteiger partial charge in [0.1, 0.15) is 0 Å². The zero-order chi connectivity index (χ0) is 13.9. The minimum Gasteiger partial charge on any atom is -0.381 e. The Labute approximate surface area is 126 Å². The smallest absolute Gasteiger partial charge is 0.242 e.